The molecular weight excluding hydrogens is 438 g/mol. The summed E-state index contributed by atoms with van der Waals surface area (Å²) in [6.07, 6.45) is 8.79. The van der Waals surface area contributed by atoms with E-state index in [0.717, 1.165) is 36.9 Å². The Balaban J connectivity index is 1.34. The normalized spacial score (nSPS) is 17.9. The molecule has 0 spiro atoms. The lowest BCUT2D eigenvalue weighted by Gasteiger charge is -2.17. The number of imidazole rings is 1. The zero-order chi connectivity index (χ0) is 23.4. The van der Waals surface area contributed by atoms with E-state index in [1.54, 1.807) is 0 Å². The van der Waals surface area contributed by atoms with Crippen LogP contribution in [0.5, 0.6) is 0 Å². The highest BCUT2D eigenvalue weighted by atomic mass is 16.2. The van der Waals surface area contributed by atoms with Crippen LogP contribution >= 0.6 is 0 Å². The van der Waals surface area contributed by atoms with Crippen molar-refractivity contribution >= 4 is 41.6 Å². The molecule has 1 aliphatic heterocycles. The number of imide groups is 1. The summed E-state index contributed by atoms with van der Waals surface area (Å²) in [5.74, 6) is 1.79. The third kappa shape index (κ3) is 3.80. The van der Waals surface area contributed by atoms with Gasteiger partial charge in [-0.1, -0.05) is 0 Å². The molecule has 3 aromatic rings. The number of urea groups is 1. The van der Waals surface area contributed by atoms with Crippen molar-refractivity contribution < 1.29 is 14.4 Å². The molecule has 4 amide bonds. The molecule has 3 fully saturated rings. The average Bonchev–Trinajstić information content (AvgIpc) is 3.73. The standard InChI is InChI=1S/C22H23N9O3/c1-29(21-27-18(13-4-5-13)26-20(28-21)23-11-32)8-15-9-30-7-14(12-2-3-12)6-16(19(30)24-15)31-10-17(33)25-22(31)34/h6-7,9,11-13H,2-5,8,10H2,1H3,(H,25,33,34)(H,23,26,27,28,32). The molecule has 2 N–H and O–H groups in total. The Kier molecular flexibility index (Phi) is 4.67. The number of anilines is 3. The molecular formula is C22H23N9O3. The summed E-state index contributed by atoms with van der Waals surface area (Å²) in [6.45, 7) is 0.381. The number of amides is 4. The van der Waals surface area contributed by atoms with Crippen LogP contribution in [0, 0.1) is 0 Å². The number of rotatable bonds is 8. The molecule has 0 unspecified atom stereocenters. The number of pyridine rings is 1. The van der Waals surface area contributed by atoms with Crippen LogP contribution in [0.1, 0.15) is 54.6 Å². The second-order valence-electron chi connectivity index (χ2n) is 9.05. The van der Waals surface area contributed by atoms with Crippen molar-refractivity contribution in [1.82, 2.24) is 29.7 Å². The van der Waals surface area contributed by atoms with Gasteiger partial charge in [-0.3, -0.25) is 25.1 Å². The second kappa shape index (κ2) is 7.75. The quantitative estimate of drug-likeness (QED) is 0.381. The minimum absolute atomic E-state index is 0.0218. The van der Waals surface area contributed by atoms with E-state index in [1.165, 1.54) is 4.90 Å². The van der Waals surface area contributed by atoms with Gasteiger partial charge in [0.2, 0.25) is 24.2 Å². The Hall–Kier alpha value is -4.09. The predicted molar refractivity (Wildman–Crippen MR) is 122 cm³/mol. The largest absolute Gasteiger partial charge is 0.338 e. The number of hydrogen-bond acceptors (Lipinski definition) is 8. The molecule has 12 heteroatoms. The van der Waals surface area contributed by atoms with E-state index >= 15 is 0 Å². The van der Waals surface area contributed by atoms with E-state index < -0.39 is 6.03 Å². The summed E-state index contributed by atoms with van der Waals surface area (Å²) in [5.41, 5.74) is 3.11. The molecule has 1 saturated heterocycles. The van der Waals surface area contributed by atoms with Crippen molar-refractivity contribution in [2.45, 2.75) is 44.1 Å². The molecule has 4 heterocycles. The van der Waals surface area contributed by atoms with Gasteiger partial charge in [0, 0.05) is 25.4 Å². The highest BCUT2D eigenvalue weighted by molar-refractivity contribution is 6.13. The van der Waals surface area contributed by atoms with Gasteiger partial charge in [-0.05, 0) is 43.2 Å². The predicted octanol–water partition coefficient (Wildman–Crippen LogP) is 1.53. The van der Waals surface area contributed by atoms with Gasteiger partial charge in [-0.2, -0.15) is 15.0 Å². The number of aromatic nitrogens is 5. The molecule has 174 valence electrons. The van der Waals surface area contributed by atoms with Gasteiger partial charge >= 0.3 is 6.03 Å². The van der Waals surface area contributed by atoms with Gasteiger partial charge in [0.1, 0.15) is 12.4 Å². The number of fused-ring (bicyclic) bond motifs is 1. The van der Waals surface area contributed by atoms with E-state index in [0.29, 0.717) is 47.9 Å². The summed E-state index contributed by atoms with van der Waals surface area (Å²) in [6, 6.07) is 1.53. The number of carbonyl (C=O) groups excluding carboxylic acids is 3. The maximum Gasteiger partial charge on any atom is 0.329 e. The molecule has 12 nitrogen and oxygen atoms in total. The smallest absolute Gasteiger partial charge is 0.329 e. The Labute approximate surface area is 194 Å². The maximum absolute atomic E-state index is 12.4. The van der Waals surface area contributed by atoms with Gasteiger partial charge in [0.25, 0.3) is 0 Å². The molecule has 2 saturated carbocycles. The lowest BCUT2D eigenvalue weighted by molar-refractivity contribution is -0.117. The third-order valence-corrected chi connectivity index (χ3v) is 6.25. The fourth-order valence-corrected chi connectivity index (χ4v) is 4.21. The lowest BCUT2D eigenvalue weighted by atomic mass is 10.1. The van der Waals surface area contributed by atoms with Crippen molar-refractivity contribution in [3.63, 3.8) is 0 Å². The van der Waals surface area contributed by atoms with Crippen molar-refractivity contribution in [3.8, 4) is 0 Å². The van der Waals surface area contributed by atoms with E-state index in [2.05, 4.69) is 25.6 Å². The van der Waals surface area contributed by atoms with E-state index in [9.17, 15) is 14.4 Å². The van der Waals surface area contributed by atoms with E-state index in [1.807, 2.05) is 34.8 Å². The molecule has 34 heavy (non-hydrogen) atoms. The van der Waals surface area contributed by atoms with E-state index in [-0.39, 0.29) is 18.4 Å². The van der Waals surface area contributed by atoms with E-state index in [4.69, 9.17) is 4.98 Å². The second-order valence-corrected chi connectivity index (χ2v) is 9.05. The molecule has 3 aromatic heterocycles. The van der Waals surface area contributed by atoms with Gasteiger partial charge in [0.15, 0.2) is 5.65 Å². The minimum Gasteiger partial charge on any atom is -0.338 e. The van der Waals surface area contributed by atoms with Crippen LogP contribution in [0.15, 0.2) is 18.5 Å². The van der Waals surface area contributed by atoms with Crippen LogP contribution in [0.2, 0.25) is 0 Å². The zero-order valence-corrected chi connectivity index (χ0v) is 18.6. The SMILES string of the molecule is CN(Cc1cn2cc(C3CC3)cc(N3CC(=O)NC3=O)c2n1)c1nc(NC=O)nc(C2CC2)n1. The number of hydrogen-bond donors (Lipinski definition) is 2. The van der Waals surface area contributed by atoms with Crippen LogP contribution in [0.4, 0.5) is 22.4 Å². The summed E-state index contributed by atoms with van der Waals surface area (Å²) < 4.78 is 1.92. The monoisotopic (exact) mass is 461 g/mol. The fraction of sp³-hybridized carbons (Fsp3) is 0.409. The van der Waals surface area contributed by atoms with Gasteiger partial charge in [-0.15, -0.1) is 0 Å². The number of nitrogens with zero attached hydrogens (tertiary/aromatic N) is 7. The third-order valence-electron chi connectivity index (χ3n) is 6.25. The average molecular weight is 461 g/mol. The van der Waals surface area contributed by atoms with Crippen LogP contribution in [0.25, 0.3) is 5.65 Å². The van der Waals surface area contributed by atoms with Crippen molar-refractivity contribution in [1.29, 1.82) is 0 Å². The summed E-state index contributed by atoms with van der Waals surface area (Å²) in [7, 11) is 1.85. The van der Waals surface area contributed by atoms with Crippen LogP contribution in [0.3, 0.4) is 0 Å². The molecule has 0 atom stereocenters. The molecule has 0 aromatic carbocycles. The van der Waals surface area contributed by atoms with Crippen molar-refractivity contribution in [3.05, 3.63) is 35.5 Å². The molecule has 6 rings (SSSR count). The van der Waals surface area contributed by atoms with Crippen molar-refractivity contribution in [2.75, 3.05) is 28.7 Å². The van der Waals surface area contributed by atoms with Gasteiger partial charge < -0.3 is 9.30 Å². The first-order valence-corrected chi connectivity index (χ1v) is 11.3. The zero-order valence-electron chi connectivity index (χ0n) is 18.6. The number of carbonyl (C=O) groups is 3. The Morgan fingerprint density at radius 2 is 1.91 bits per heavy atom. The van der Waals surface area contributed by atoms with Crippen LogP contribution < -0.4 is 20.4 Å². The fourth-order valence-electron chi connectivity index (χ4n) is 4.21. The molecule has 0 bridgehead atoms. The number of nitrogens with one attached hydrogen (secondary N) is 2. The molecule has 0 radical (unpaired) electrons. The Morgan fingerprint density at radius 1 is 1.12 bits per heavy atom. The highest BCUT2D eigenvalue weighted by Gasteiger charge is 2.33. The van der Waals surface area contributed by atoms with Gasteiger partial charge in [0.05, 0.1) is 17.9 Å². The molecule has 2 aliphatic carbocycles. The Morgan fingerprint density at radius 3 is 2.59 bits per heavy atom. The van der Waals surface area contributed by atoms with Crippen LogP contribution in [-0.4, -0.2) is 56.3 Å². The summed E-state index contributed by atoms with van der Waals surface area (Å²) in [5, 5.41) is 4.86. The maximum atomic E-state index is 12.4. The summed E-state index contributed by atoms with van der Waals surface area (Å²) in [4.78, 5) is 56.4. The lowest BCUT2D eigenvalue weighted by Crippen LogP contribution is -2.28. The Bertz CT molecular complexity index is 1330. The minimum atomic E-state index is -0.436. The first-order chi connectivity index (χ1) is 16.5. The topological polar surface area (TPSA) is 138 Å². The van der Waals surface area contributed by atoms with Crippen LogP contribution in [-0.2, 0) is 16.1 Å². The summed E-state index contributed by atoms with van der Waals surface area (Å²) >= 11 is 0. The molecule has 3 aliphatic rings. The first kappa shape index (κ1) is 20.5. The highest BCUT2D eigenvalue weighted by Crippen LogP contribution is 2.42. The van der Waals surface area contributed by atoms with Crippen molar-refractivity contribution in [2.24, 2.45) is 0 Å². The first-order valence-electron chi connectivity index (χ1n) is 11.3. The van der Waals surface area contributed by atoms with Gasteiger partial charge in [-0.25, -0.2) is 9.78 Å².